The molecule has 18 heavy (non-hydrogen) atoms. The molecule has 0 fully saturated rings. The molecule has 0 spiro atoms. The highest BCUT2D eigenvalue weighted by molar-refractivity contribution is 7.17. The highest BCUT2D eigenvalue weighted by atomic mass is 32.1. The molecule has 2 N–H and O–H groups in total. The summed E-state index contributed by atoms with van der Waals surface area (Å²) >= 11 is 0.820. The maximum Gasteiger partial charge on any atom is 0.324 e. The van der Waals surface area contributed by atoms with Crippen molar-refractivity contribution in [2.45, 2.75) is 32.3 Å². The molecule has 0 saturated heterocycles. The molecule has 1 amide bonds. The number of carbonyl (C=O) groups excluding carboxylic acids is 1. The lowest BCUT2D eigenvalue weighted by atomic mass is 10.0. The third-order valence-electron chi connectivity index (χ3n) is 2.41. The third kappa shape index (κ3) is 4.08. The van der Waals surface area contributed by atoms with Gasteiger partial charge < -0.3 is 10.4 Å². The minimum atomic E-state index is -0.951. The molecule has 0 aliphatic rings. The van der Waals surface area contributed by atoms with Gasteiger partial charge in [0.25, 0.3) is 5.91 Å². The SMILES string of the molecule is CCCC(C)(O)CNC(=O)c1ccc([N+](=O)[O-])s1. The van der Waals surface area contributed by atoms with Crippen LogP contribution >= 0.6 is 11.3 Å². The summed E-state index contributed by atoms with van der Waals surface area (Å²) in [5.74, 6) is -0.399. The molecular weight excluding hydrogens is 256 g/mol. The van der Waals surface area contributed by atoms with Crippen LogP contribution in [0.25, 0.3) is 0 Å². The van der Waals surface area contributed by atoms with Crippen LogP contribution in [0.5, 0.6) is 0 Å². The zero-order chi connectivity index (χ0) is 13.8. The number of aliphatic hydroxyl groups is 1. The van der Waals surface area contributed by atoms with E-state index in [-0.39, 0.29) is 16.4 Å². The van der Waals surface area contributed by atoms with Crippen molar-refractivity contribution in [2.24, 2.45) is 0 Å². The van der Waals surface area contributed by atoms with E-state index in [0.717, 1.165) is 17.8 Å². The Kier molecular flexibility index (Phi) is 4.80. The van der Waals surface area contributed by atoms with Gasteiger partial charge in [0.1, 0.15) is 0 Å². The van der Waals surface area contributed by atoms with Crippen molar-refractivity contribution >= 4 is 22.2 Å². The Bertz CT molecular complexity index is 442. The quantitative estimate of drug-likeness (QED) is 0.611. The van der Waals surface area contributed by atoms with Crippen molar-refractivity contribution < 1.29 is 14.8 Å². The van der Waals surface area contributed by atoms with E-state index in [1.807, 2.05) is 6.92 Å². The van der Waals surface area contributed by atoms with Crippen LogP contribution in [0, 0.1) is 10.1 Å². The number of hydrogen-bond acceptors (Lipinski definition) is 5. The lowest BCUT2D eigenvalue weighted by Gasteiger charge is -2.22. The first-order chi connectivity index (χ1) is 8.35. The first kappa shape index (κ1) is 14.6. The first-order valence-corrected chi connectivity index (χ1v) is 6.42. The smallest absolute Gasteiger partial charge is 0.324 e. The predicted octanol–water partition coefficient (Wildman–Crippen LogP) is 1.94. The molecule has 100 valence electrons. The van der Waals surface area contributed by atoms with E-state index >= 15 is 0 Å². The summed E-state index contributed by atoms with van der Waals surface area (Å²) in [5, 5.41) is 22.9. The molecule has 0 radical (unpaired) electrons. The zero-order valence-electron chi connectivity index (χ0n) is 10.3. The van der Waals surface area contributed by atoms with Crippen LogP contribution < -0.4 is 5.32 Å². The fraction of sp³-hybridized carbons (Fsp3) is 0.545. The van der Waals surface area contributed by atoms with Crippen LogP contribution in [0.3, 0.4) is 0 Å². The molecule has 7 heteroatoms. The third-order valence-corrected chi connectivity index (χ3v) is 3.45. The van der Waals surface area contributed by atoms with Gasteiger partial charge in [0, 0.05) is 12.6 Å². The van der Waals surface area contributed by atoms with E-state index in [2.05, 4.69) is 5.32 Å². The Hall–Kier alpha value is -1.47. The highest BCUT2D eigenvalue weighted by Crippen LogP contribution is 2.23. The van der Waals surface area contributed by atoms with Crippen LogP contribution in [0.1, 0.15) is 36.4 Å². The van der Waals surface area contributed by atoms with Crippen LogP contribution in [-0.2, 0) is 0 Å². The van der Waals surface area contributed by atoms with Gasteiger partial charge in [0.05, 0.1) is 15.4 Å². The second kappa shape index (κ2) is 5.92. The Labute approximate surface area is 109 Å². The van der Waals surface area contributed by atoms with Gasteiger partial charge in [-0.3, -0.25) is 14.9 Å². The average molecular weight is 272 g/mol. The van der Waals surface area contributed by atoms with Gasteiger partial charge in [-0.05, 0) is 19.4 Å². The van der Waals surface area contributed by atoms with Crippen LogP contribution in [-0.4, -0.2) is 28.1 Å². The van der Waals surface area contributed by atoms with Gasteiger partial charge in [0.2, 0.25) is 0 Å². The van der Waals surface area contributed by atoms with E-state index in [1.54, 1.807) is 6.92 Å². The van der Waals surface area contributed by atoms with Gasteiger partial charge in [-0.1, -0.05) is 24.7 Å². The van der Waals surface area contributed by atoms with Crippen LogP contribution in [0.4, 0.5) is 5.00 Å². The molecule has 0 saturated carbocycles. The largest absolute Gasteiger partial charge is 0.388 e. The second-order valence-corrected chi connectivity index (χ2v) is 5.39. The number of thiophene rings is 1. The van der Waals surface area contributed by atoms with Gasteiger partial charge in [0.15, 0.2) is 0 Å². The Morgan fingerprint density at radius 3 is 2.78 bits per heavy atom. The molecule has 1 unspecified atom stereocenters. The summed E-state index contributed by atoms with van der Waals surface area (Å²) in [7, 11) is 0. The Balaban J connectivity index is 2.57. The molecule has 0 aliphatic carbocycles. The molecule has 1 heterocycles. The maximum absolute atomic E-state index is 11.7. The van der Waals surface area contributed by atoms with Crippen molar-refractivity contribution in [1.82, 2.24) is 5.32 Å². The fourth-order valence-corrected chi connectivity index (χ4v) is 2.27. The topological polar surface area (TPSA) is 92.5 Å². The van der Waals surface area contributed by atoms with Crippen molar-refractivity contribution in [3.63, 3.8) is 0 Å². The van der Waals surface area contributed by atoms with E-state index in [4.69, 9.17) is 0 Å². The van der Waals surface area contributed by atoms with E-state index in [9.17, 15) is 20.0 Å². The summed E-state index contributed by atoms with van der Waals surface area (Å²) < 4.78 is 0. The number of carbonyl (C=O) groups is 1. The second-order valence-electron chi connectivity index (χ2n) is 4.32. The standard InChI is InChI=1S/C11H16N2O4S/c1-3-6-11(2,15)7-12-10(14)8-4-5-9(18-8)13(16)17/h4-5,15H,3,6-7H2,1-2H3,(H,12,14). The van der Waals surface area contributed by atoms with Crippen LogP contribution in [0.2, 0.25) is 0 Å². The molecule has 1 aromatic heterocycles. The Morgan fingerprint density at radius 2 is 2.28 bits per heavy atom. The van der Waals surface area contributed by atoms with E-state index in [0.29, 0.717) is 6.42 Å². The number of amides is 1. The van der Waals surface area contributed by atoms with E-state index in [1.165, 1.54) is 12.1 Å². The van der Waals surface area contributed by atoms with Crippen molar-refractivity contribution in [2.75, 3.05) is 6.54 Å². The van der Waals surface area contributed by atoms with Gasteiger partial charge in [-0.2, -0.15) is 0 Å². The Morgan fingerprint density at radius 1 is 1.61 bits per heavy atom. The first-order valence-electron chi connectivity index (χ1n) is 5.60. The minimum absolute atomic E-state index is 0.0690. The van der Waals surface area contributed by atoms with E-state index < -0.39 is 16.4 Å². The lowest BCUT2D eigenvalue weighted by Crippen LogP contribution is -2.40. The molecule has 6 nitrogen and oxygen atoms in total. The predicted molar refractivity (Wildman–Crippen MR) is 68.8 cm³/mol. The monoisotopic (exact) mass is 272 g/mol. The molecule has 1 aromatic rings. The number of nitrogens with zero attached hydrogens (tertiary/aromatic N) is 1. The number of hydrogen-bond donors (Lipinski definition) is 2. The maximum atomic E-state index is 11.7. The molecule has 0 aliphatic heterocycles. The number of rotatable bonds is 6. The summed E-state index contributed by atoms with van der Waals surface area (Å²) in [4.78, 5) is 21.9. The summed E-state index contributed by atoms with van der Waals surface area (Å²) in [5.41, 5.74) is -0.951. The van der Waals surface area contributed by atoms with Gasteiger partial charge in [-0.25, -0.2) is 0 Å². The fourth-order valence-electron chi connectivity index (χ4n) is 1.53. The van der Waals surface area contributed by atoms with Crippen molar-refractivity contribution in [3.05, 3.63) is 27.1 Å². The summed E-state index contributed by atoms with van der Waals surface area (Å²) in [6, 6.07) is 2.70. The van der Waals surface area contributed by atoms with Crippen LogP contribution in [0.15, 0.2) is 12.1 Å². The lowest BCUT2D eigenvalue weighted by molar-refractivity contribution is -0.380. The summed E-state index contributed by atoms with van der Waals surface area (Å²) in [6.07, 6.45) is 1.39. The highest BCUT2D eigenvalue weighted by Gasteiger charge is 2.21. The number of nitrogens with one attached hydrogen (secondary N) is 1. The average Bonchev–Trinajstić information content (AvgIpc) is 2.75. The summed E-state index contributed by atoms with van der Waals surface area (Å²) in [6.45, 7) is 3.72. The zero-order valence-corrected chi connectivity index (χ0v) is 11.1. The number of nitro groups is 1. The van der Waals surface area contributed by atoms with Crippen molar-refractivity contribution in [1.29, 1.82) is 0 Å². The minimum Gasteiger partial charge on any atom is -0.388 e. The molecule has 0 bridgehead atoms. The van der Waals surface area contributed by atoms with Crippen molar-refractivity contribution in [3.8, 4) is 0 Å². The molecule has 0 aromatic carbocycles. The molecule has 1 atom stereocenters. The molecular formula is C11H16N2O4S. The molecule has 1 rings (SSSR count). The van der Waals surface area contributed by atoms with Gasteiger partial charge >= 0.3 is 5.00 Å². The van der Waals surface area contributed by atoms with Gasteiger partial charge in [-0.15, -0.1) is 0 Å². The normalized spacial score (nSPS) is 13.9.